The Balaban J connectivity index is 2.16. The van der Waals surface area contributed by atoms with Crippen LogP contribution in [0.5, 0.6) is 0 Å². The molecule has 0 bridgehead atoms. The molecule has 1 saturated heterocycles. The first-order chi connectivity index (χ1) is 7.21. The molecule has 1 unspecified atom stereocenters. The first-order valence-electron chi connectivity index (χ1n) is 6.44. The fraction of sp³-hybridized carbons (Fsp3) is 0.923. The zero-order chi connectivity index (χ0) is 10.9. The standard InChI is InChI=1S/C13H22O2/c1-3-5-8-12(4-2)11(14)15-13(12)9-6-7-10-13/h3-10H2,1-2H3. The minimum Gasteiger partial charge on any atom is -0.457 e. The molecule has 0 amide bonds. The quantitative estimate of drug-likeness (QED) is 0.664. The van der Waals surface area contributed by atoms with Gasteiger partial charge in [0.1, 0.15) is 11.0 Å². The summed E-state index contributed by atoms with van der Waals surface area (Å²) in [6.45, 7) is 4.34. The van der Waals surface area contributed by atoms with E-state index in [1.54, 1.807) is 0 Å². The summed E-state index contributed by atoms with van der Waals surface area (Å²) >= 11 is 0. The van der Waals surface area contributed by atoms with Crippen molar-refractivity contribution < 1.29 is 9.53 Å². The van der Waals surface area contributed by atoms with Crippen LogP contribution in [0.25, 0.3) is 0 Å². The maximum absolute atomic E-state index is 11.8. The smallest absolute Gasteiger partial charge is 0.316 e. The van der Waals surface area contributed by atoms with Crippen LogP contribution in [0.2, 0.25) is 0 Å². The van der Waals surface area contributed by atoms with E-state index in [2.05, 4.69) is 13.8 Å². The van der Waals surface area contributed by atoms with Crippen molar-refractivity contribution >= 4 is 5.97 Å². The number of hydrogen-bond donors (Lipinski definition) is 0. The molecule has 2 fully saturated rings. The molecule has 2 rings (SSSR count). The predicted molar refractivity (Wildman–Crippen MR) is 59.5 cm³/mol. The summed E-state index contributed by atoms with van der Waals surface area (Å²) in [4.78, 5) is 11.8. The van der Waals surface area contributed by atoms with Crippen LogP contribution in [0.4, 0.5) is 0 Å². The second-order valence-electron chi connectivity index (χ2n) is 5.13. The maximum Gasteiger partial charge on any atom is 0.316 e. The average molecular weight is 210 g/mol. The highest BCUT2D eigenvalue weighted by molar-refractivity contribution is 5.85. The average Bonchev–Trinajstić information content (AvgIpc) is 2.70. The largest absolute Gasteiger partial charge is 0.457 e. The lowest BCUT2D eigenvalue weighted by molar-refractivity contribution is -0.245. The van der Waals surface area contributed by atoms with Crippen LogP contribution in [0.3, 0.4) is 0 Å². The number of rotatable bonds is 4. The number of ether oxygens (including phenoxy) is 1. The third-order valence-electron chi connectivity index (χ3n) is 4.52. The van der Waals surface area contributed by atoms with Gasteiger partial charge in [-0.3, -0.25) is 4.79 Å². The van der Waals surface area contributed by atoms with Crippen LogP contribution in [0.15, 0.2) is 0 Å². The summed E-state index contributed by atoms with van der Waals surface area (Å²) in [6, 6.07) is 0. The topological polar surface area (TPSA) is 26.3 Å². The number of carbonyl (C=O) groups is 1. The normalized spacial score (nSPS) is 32.8. The molecule has 1 heterocycles. The van der Waals surface area contributed by atoms with Gasteiger partial charge in [0.05, 0.1) is 0 Å². The van der Waals surface area contributed by atoms with Gasteiger partial charge in [0.2, 0.25) is 0 Å². The van der Waals surface area contributed by atoms with Gasteiger partial charge in [-0.05, 0) is 38.5 Å². The molecule has 2 aliphatic rings. The van der Waals surface area contributed by atoms with E-state index in [1.165, 1.54) is 19.3 Å². The van der Waals surface area contributed by atoms with Gasteiger partial charge in [0.25, 0.3) is 0 Å². The minimum atomic E-state index is -0.112. The molecule has 1 saturated carbocycles. The van der Waals surface area contributed by atoms with Crippen LogP contribution < -0.4 is 0 Å². The third-order valence-corrected chi connectivity index (χ3v) is 4.52. The van der Waals surface area contributed by atoms with Gasteiger partial charge in [-0.25, -0.2) is 0 Å². The second kappa shape index (κ2) is 3.80. The molecule has 0 aromatic rings. The zero-order valence-electron chi connectivity index (χ0n) is 9.97. The van der Waals surface area contributed by atoms with Crippen molar-refractivity contribution in [3.05, 3.63) is 0 Å². The zero-order valence-corrected chi connectivity index (χ0v) is 9.97. The van der Waals surface area contributed by atoms with Crippen molar-refractivity contribution in [1.29, 1.82) is 0 Å². The molecule has 1 atom stereocenters. The van der Waals surface area contributed by atoms with Crippen molar-refractivity contribution in [3.8, 4) is 0 Å². The van der Waals surface area contributed by atoms with Gasteiger partial charge in [-0.15, -0.1) is 0 Å². The highest BCUT2D eigenvalue weighted by Crippen LogP contribution is 2.59. The van der Waals surface area contributed by atoms with Crippen molar-refractivity contribution in [2.75, 3.05) is 0 Å². The highest BCUT2D eigenvalue weighted by Gasteiger charge is 2.67. The highest BCUT2D eigenvalue weighted by atomic mass is 16.6. The molecule has 2 heteroatoms. The molecule has 1 aliphatic carbocycles. The molecule has 0 aromatic carbocycles. The van der Waals surface area contributed by atoms with Crippen LogP contribution in [-0.2, 0) is 9.53 Å². The van der Waals surface area contributed by atoms with Gasteiger partial charge in [-0.2, -0.15) is 0 Å². The van der Waals surface area contributed by atoms with Crippen LogP contribution in [0.1, 0.15) is 65.2 Å². The Morgan fingerprint density at radius 1 is 1.27 bits per heavy atom. The molecule has 0 aromatic heterocycles. The number of carbonyl (C=O) groups excluding carboxylic acids is 1. The Hall–Kier alpha value is -0.530. The van der Waals surface area contributed by atoms with Gasteiger partial charge < -0.3 is 4.74 Å². The van der Waals surface area contributed by atoms with E-state index in [9.17, 15) is 4.79 Å². The number of hydrogen-bond acceptors (Lipinski definition) is 2. The Labute approximate surface area is 92.4 Å². The lowest BCUT2D eigenvalue weighted by Gasteiger charge is -2.55. The Morgan fingerprint density at radius 3 is 2.40 bits per heavy atom. The summed E-state index contributed by atoms with van der Waals surface area (Å²) < 4.78 is 5.55. The summed E-state index contributed by atoms with van der Waals surface area (Å²) in [5.41, 5.74) is -0.159. The van der Waals surface area contributed by atoms with Crippen molar-refractivity contribution in [1.82, 2.24) is 0 Å². The van der Waals surface area contributed by atoms with Crippen molar-refractivity contribution in [2.45, 2.75) is 70.8 Å². The fourth-order valence-corrected chi connectivity index (χ4v) is 3.49. The Bertz CT molecular complexity index is 253. The van der Waals surface area contributed by atoms with Gasteiger partial charge >= 0.3 is 5.97 Å². The lowest BCUT2D eigenvalue weighted by atomic mass is 9.61. The van der Waals surface area contributed by atoms with Crippen molar-refractivity contribution in [3.63, 3.8) is 0 Å². The van der Waals surface area contributed by atoms with Crippen LogP contribution >= 0.6 is 0 Å². The molecule has 15 heavy (non-hydrogen) atoms. The van der Waals surface area contributed by atoms with Gasteiger partial charge in [0.15, 0.2) is 0 Å². The van der Waals surface area contributed by atoms with Crippen LogP contribution in [0, 0.1) is 5.41 Å². The molecular weight excluding hydrogens is 188 g/mol. The van der Waals surface area contributed by atoms with Gasteiger partial charge in [0, 0.05) is 0 Å². The summed E-state index contributed by atoms with van der Waals surface area (Å²) in [7, 11) is 0. The van der Waals surface area contributed by atoms with E-state index >= 15 is 0 Å². The summed E-state index contributed by atoms with van der Waals surface area (Å²) in [5.74, 6) is 0.0837. The van der Waals surface area contributed by atoms with E-state index in [-0.39, 0.29) is 17.0 Å². The predicted octanol–water partition coefficient (Wildman–Crippen LogP) is 3.44. The molecule has 0 N–H and O–H groups in total. The van der Waals surface area contributed by atoms with E-state index in [0.717, 1.165) is 32.1 Å². The summed E-state index contributed by atoms with van der Waals surface area (Å²) in [6.07, 6.45) is 9.02. The van der Waals surface area contributed by atoms with Crippen LogP contribution in [-0.4, -0.2) is 11.6 Å². The van der Waals surface area contributed by atoms with Gasteiger partial charge in [-0.1, -0.05) is 26.7 Å². The fourth-order valence-electron chi connectivity index (χ4n) is 3.49. The maximum atomic E-state index is 11.8. The first kappa shape index (κ1) is 11.0. The first-order valence-corrected chi connectivity index (χ1v) is 6.44. The Morgan fingerprint density at radius 2 is 1.93 bits per heavy atom. The SMILES string of the molecule is CCCCC1(CC)C(=O)OC12CCCC2. The second-order valence-corrected chi connectivity index (χ2v) is 5.13. The molecule has 0 radical (unpaired) electrons. The molecule has 2 nitrogen and oxygen atoms in total. The number of esters is 1. The lowest BCUT2D eigenvalue weighted by Crippen LogP contribution is -2.65. The Kier molecular flexibility index (Phi) is 2.78. The number of unbranched alkanes of at least 4 members (excludes halogenated alkanes) is 1. The third kappa shape index (κ3) is 1.33. The van der Waals surface area contributed by atoms with Crippen molar-refractivity contribution in [2.24, 2.45) is 5.41 Å². The van der Waals surface area contributed by atoms with E-state index in [1.807, 2.05) is 0 Å². The molecular formula is C13H22O2. The molecule has 86 valence electrons. The van der Waals surface area contributed by atoms with E-state index in [4.69, 9.17) is 4.74 Å². The van der Waals surface area contributed by atoms with E-state index in [0.29, 0.717) is 0 Å². The summed E-state index contributed by atoms with van der Waals surface area (Å²) in [5, 5.41) is 0. The monoisotopic (exact) mass is 210 g/mol. The molecule has 1 spiro atoms. The molecule has 1 aliphatic heterocycles. The minimum absolute atomic E-state index is 0.0476. The van der Waals surface area contributed by atoms with E-state index < -0.39 is 0 Å².